The molecule has 2 aliphatic heterocycles. The Morgan fingerprint density at radius 2 is 2.00 bits per heavy atom. The Morgan fingerprint density at radius 1 is 1.22 bits per heavy atom. The summed E-state index contributed by atoms with van der Waals surface area (Å²) in [4.78, 5) is 27.3. The number of ketones is 1. The minimum absolute atomic E-state index is 0.247. The fourth-order valence-corrected chi connectivity index (χ4v) is 10.1. The molecule has 0 N–H and O–H groups in total. The number of rotatable bonds is 6. The summed E-state index contributed by atoms with van der Waals surface area (Å²) in [5.41, 5.74) is -1.55. The molecule has 0 radical (unpaired) electrons. The van der Waals surface area contributed by atoms with Gasteiger partial charge in [0.1, 0.15) is 17.5 Å². The number of ether oxygens (including phenoxy) is 4. The van der Waals surface area contributed by atoms with Crippen molar-refractivity contribution in [1.82, 2.24) is 4.90 Å². The maximum atomic E-state index is 13.6. The molecule has 10 heteroatoms. The summed E-state index contributed by atoms with van der Waals surface area (Å²) in [5, 5.41) is -1.00. The second-order valence-electron chi connectivity index (χ2n) is 10.2. The van der Waals surface area contributed by atoms with Crippen molar-refractivity contribution in [2.45, 2.75) is 35.7 Å². The predicted molar refractivity (Wildman–Crippen MR) is 130 cm³/mol. The molecule has 1 saturated heterocycles. The summed E-state index contributed by atoms with van der Waals surface area (Å²) < 4.78 is 50.9. The van der Waals surface area contributed by atoms with Gasteiger partial charge in [-0.15, -0.1) is 0 Å². The van der Waals surface area contributed by atoms with Gasteiger partial charge in [0, 0.05) is 31.7 Å². The highest BCUT2D eigenvalue weighted by Gasteiger charge is 2.82. The molecule has 2 fully saturated rings. The fourth-order valence-electron chi connectivity index (χ4n) is 7.63. The van der Waals surface area contributed by atoms with E-state index in [1.807, 2.05) is 36.4 Å². The third kappa shape index (κ3) is 2.47. The molecule has 0 unspecified atom stereocenters. The first kappa shape index (κ1) is 23.5. The molecule has 6 atom stereocenters. The van der Waals surface area contributed by atoms with Crippen LogP contribution >= 0.6 is 0 Å². The maximum absolute atomic E-state index is 13.6. The van der Waals surface area contributed by atoms with Gasteiger partial charge in [0.15, 0.2) is 27.1 Å². The van der Waals surface area contributed by atoms with Gasteiger partial charge >= 0.3 is 6.09 Å². The number of sulfone groups is 1. The van der Waals surface area contributed by atoms with E-state index >= 15 is 0 Å². The van der Waals surface area contributed by atoms with Crippen LogP contribution in [0.3, 0.4) is 0 Å². The van der Waals surface area contributed by atoms with Crippen LogP contribution in [-0.4, -0.2) is 82.3 Å². The summed E-state index contributed by atoms with van der Waals surface area (Å²) in [7, 11) is 0.912. The van der Waals surface area contributed by atoms with Gasteiger partial charge < -0.3 is 23.8 Å². The molecule has 9 nitrogen and oxygen atoms in total. The molecule has 7 rings (SSSR count). The van der Waals surface area contributed by atoms with Crippen LogP contribution in [0, 0.1) is 11.3 Å². The number of amides is 1. The first-order valence-corrected chi connectivity index (χ1v) is 13.8. The van der Waals surface area contributed by atoms with E-state index in [4.69, 9.17) is 18.9 Å². The van der Waals surface area contributed by atoms with Gasteiger partial charge in [-0.2, -0.15) is 0 Å². The lowest BCUT2D eigenvalue weighted by atomic mass is 9.40. The first-order chi connectivity index (χ1) is 17.1. The van der Waals surface area contributed by atoms with E-state index in [0.29, 0.717) is 17.9 Å². The second-order valence-corrected chi connectivity index (χ2v) is 12.4. The van der Waals surface area contributed by atoms with E-state index in [1.165, 1.54) is 12.0 Å². The summed E-state index contributed by atoms with van der Waals surface area (Å²) in [5.74, 6) is -0.716. The summed E-state index contributed by atoms with van der Waals surface area (Å²) in [6.45, 7) is 2.27. The molecule has 192 valence electrons. The summed E-state index contributed by atoms with van der Waals surface area (Å²) >= 11 is 0. The Bertz CT molecular complexity index is 1350. The molecule has 36 heavy (non-hydrogen) atoms. The number of carbonyl (C=O) groups is 2. The molecule has 6 aliphatic rings. The minimum Gasteiger partial charge on any atom is -0.493 e. The highest BCUT2D eigenvalue weighted by molar-refractivity contribution is 7.93. The zero-order valence-electron chi connectivity index (χ0n) is 20.6. The Hall–Kier alpha value is -2.85. The van der Waals surface area contributed by atoms with Crippen molar-refractivity contribution in [3.8, 4) is 11.5 Å². The third-order valence-electron chi connectivity index (χ3n) is 8.96. The standard InChI is InChI=1S/C26H29NO8S/c1-5-34-23(29)27(2)13-12-25-18-15-6-7-17(32-3)20(18)35-22(25)26(33-4)11-10-24(25,9-8-15)21-19(26)16(28)14-36(21,30)31/h6-11,19,21-22H,5,12-14H2,1-4H3/t19-,21+,22-,24-,25+,26-/m1/s1. The molecule has 1 saturated carbocycles. The Labute approximate surface area is 209 Å². The molecule has 1 aromatic rings. The molecule has 1 amide bonds. The van der Waals surface area contributed by atoms with E-state index < -0.39 is 55.4 Å². The lowest BCUT2D eigenvalue weighted by Crippen LogP contribution is -2.77. The number of carbonyl (C=O) groups excluding carboxylic acids is 2. The van der Waals surface area contributed by atoms with Crippen LogP contribution in [0.5, 0.6) is 11.5 Å². The van der Waals surface area contributed by atoms with Crippen LogP contribution in [0.25, 0.3) is 6.08 Å². The second kappa shape index (κ2) is 7.35. The zero-order chi connectivity index (χ0) is 25.7. The van der Waals surface area contributed by atoms with Crippen LogP contribution in [0.2, 0.25) is 0 Å². The van der Waals surface area contributed by atoms with Crippen molar-refractivity contribution in [2.75, 3.05) is 40.2 Å². The van der Waals surface area contributed by atoms with E-state index in [-0.39, 0.29) is 18.9 Å². The van der Waals surface area contributed by atoms with Crippen molar-refractivity contribution >= 4 is 27.8 Å². The van der Waals surface area contributed by atoms with E-state index in [2.05, 4.69) is 0 Å². The molecular weight excluding hydrogens is 486 g/mol. The SMILES string of the molecule is CCOC(=O)N(C)CC[C@]12c3c4ccc(OC)c3O[C@H]1[C@@]1(OC)C=C[C@]2(C=C4)[C@@H]2[C@H]1C(=O)CS2(=O)=O. The quantitative estimate of drug-likeness (QED) is 0.531. The van der Waals surface area contributed by atoms with Gasteiger partial charge in [-0.25, -0.2) is 13.2 Å². The number of benzene rings is 1. The monoisotopic (exact) mass is 515 g/mol. The van der Waals surface area contributed by atoms with E-state index in [1.54, 1.807) is 21.1 Å². The van der Waals surface area contributed by atoms with Gasteiger partial charge in [0.25, 0.3) is 0 Å². The number of hydrogen-bond acceptors (Lipinski definition) is 8. The maximum Gasteiger partial charge on any atom is 0.409 e. The average Bonchev–Trinajstić information content (AvgIpc) is 3.36. The van der Waals surface area contributed by atoms with Gasteiger partial charge in [0.2, 0.25) is 0 Å². The highest BCUT2D eigenvalue weighted by Crippen LogP contribution is 2.74. The van der Waals surface area contributed by atoms with Crippen molar-refractivity contribution < 1.29 is 37.0 Å². The molecular formula is C26H29NO8S. The lowest BCUT2D eigenvalue weighted by Gasteiger charge is -2.65. The number of Topliss-reactive ketones (excluding diaryl/α,β-unsaturated/α-hetero) is 1. The zero-order valence-corrected chi connectivity index (χ0v) is 21.5. The van der Waals surface area contributed by atoms with Crippen LogP contribution in [0.15, 0.2) is 30.4 Å². The summed E-state index contributed by atoms with van der Waals surface area (Å²) in [6, 6.07) is 3.75. The predicted octanol–water partition coefficient (Wildman–Crippen LogP) is 2.14. The van der Waals surface area contributed by atoms with Crippen LogP contribution < -0.4 is 9.47 Å². The minimum atomic E-state index is -3.80. The van der Waals surface area contributed by atoms with Crippen molar-refractivity contribution in [2.24, 2.45) is 11.3 Å². The van der Waals surface area contributed by atoms with Crippen LogP contribution in [0.4, 0.5) is 4.79 Å². The summed E-state index contributed by atoms with van der Waals surface area (Å²) in [6.07, 6.45) is 6.79. The number of nitrogens with zero attached hydrogens (tertiary/aromatic N) is 1. The van der Waals surface area contributed by atoms with E-state index in [0.717, 1.165) is 11.1 Å². The topological polar surface area (TPSA) is 108 Å². The molecule has 2 bridgehead atoms. The van der Waals surface area contributed by atoms with Crippen LogP contribution in [0.1, 0.15) is 24.5 Å². The number of methoxy groups -OCH3 is 2. The van der Waals surface area contributed by atoms with Crippen molar-refractivity contribution in [3.05, 3.63) is 41.5 Å². The van der Waals surface area contributed by atoms with Gasteiger partial charge in [-0.1, -0.05) is 30.4 Å². The van der Waals surface area contributed by atoms with Crippen molar-refractivity contribution in [3.63, 3.8) is 0 Å². The molecule has 4 aliphatic carbocycles. The van der Waals surface area contributed by atoms with Crippen LogP contribution in [-0.2, 0) is 29.5 Å². The largest absolute Gasteiger partial charge is 0.493 e. The molecule has 2 heterocycles. The van der Waals surface area contributed by atoms with Crippen molar-refractivity contribution in [1.29, 1.82) is 0 Å². The highest BCUT2D eigenvalue weighted by atomic mass is 32.2. The molecule has 1 spiro atoms. The Kier molecular flexibility index (Phi) is 4.81. The average molecular weight is 516 g/mol. The Balaban J connectivity index is 1.63. The number of hydrogen-bond donors (Lipinski definition) is 0. The number of allylic oxidation sites excluding steroid dienone is 2. The molecule has 0 aromatic heterocycles. The fraction of sp³-hybridized carbons (Fsp3) is 0.538. The molecule has 1 aromatic carbocycles. The van der Waals surface area contributed by atoms with E-state index in [9.17, 15) is 18.0 Å². The van der Waals surface area contributed by atoms with Gasteiger partial charge in [-0.3, -0.25) is 4.79 Å². The lowest BCUT2D eigenvalue weighted by molar-refractivity contribution is -0.176. The van der Waals surface area contributed by atoms with Gasteiger partial charge in [0.05, 0.1) is 30.3 Å². The third-order valence-corrected chi connectivity index (χ3v) is 11.1. The first-order valence-electron chi connectivity index (χ1n) is 12.1. The normalized spacial score (nSPS) is 37.3. The Morgan fingerprint density at radius 3 is 2.69 bits per heavy atom. The smallest absolute Gasteiger partial charge is 0.409 e. The van der Waals surface area contributed by atoms with Gasteiger partial charge in [-0.05, 0) is 25.0 Å².